The van der Waals surface area contributed by atoms with E-state index in [4.69, 9.17) is 4.74 Å². The molecule has 0 aliphatic carbocycles. The average Bonchev–Trinajstić information content (AvgIpc) is 2.85. The summed E-state index contributed by atoms with van der Waals surface area (Å²) in [6.45, 7) is 4.78. The summed E-state index contributed by atoms with van der Waals surface area (Å²) in [6.07, 6.45) is 0.997. The van der Waals surface area contributed by atoms with E-state index in [1.54, 1.807) is 24.3 Å². The summed E-state index contributed by atoms with van der Waals surface area (Å²) >= 11 is 0. The number of rotatable bonds is 9. The number of benzene rings is 4. The van der Waals surface area contributed by atoms with Crippen LogP contribution in [0.25, 0.3) is 5.57 Å². The Morgan fingerprint density at radius 2 is 1.35 bits per heavy atom. The lowest BCUT2D eigenvalue weighted by molar-refractivity contribution is 0.0993. The average molecular weight is 451 g/mol. The summed E-state index contributed by atoms with van der Waals surface area (Å²) < 4.78 is 5.94. The van der Waals surface area contributed by atoms with Crippen LogP contribution < -0.4 is 4.74 Å². The maximum Gasteiger partial charge on any atom is 0.167 e. The zero-order chi connectivity index (χ0) is 23.0. The Balaban J connectivity index is 0.00000324. The molecule has 0 fully saturated rings. The first-order valence-electron chi connectivity index (χ1n) is 10.9. The molecule has 4 aromatic carbocycles. The van der Waals surface area contributed by atoms with Crippen LogP contribution in [0.1, 0.15) is 40.0 Å². The fraction of sp³-hybridized carbons (Fsp3) is 0.129. The molecule has 0 radical (unpaired) electrons. The lowest BCUT2D eigenvalue weighted by atomic mass is 9.97. The topological polar surface area (TPSA) is 46.5 Å². The highest BCUT2D eigenvalue weighted by Gasteiger charge is 2.09. The maximum absolute atomic E-state index is 12.6. The van der Waals surface area contributed by atoms with Crippen molar-refractivity contribution in [3.63, 3.8) is 0 Å². The molecular formula is C31H30O3. The largest absolute Gasteiger partial charge is 0.508 e. The summed E-state index contributed by atoms with van der Waals surface area (Å²) in [5, 5.41) is 9.38. The van der Waals surface area contributed by atoms with E-state index < -0.39 is 0 Å². The predicted octanol–water partition coefficient (Wildman–Crippen LogP) is 7.29. The van der Waals surface area contributed by atoms with Crippen molar-refractivity contribution < 1.29 is 14.6 Å². The van der Waals surface area contributed by atoms with Crippen molar-refractivity contribution in [3.05, 3.63) is 138 Å². The molecule has 4 aromatic rings. The predicted molar refractivity (Wildman–Crippen MR) is 139 cm³/mol. The molecule has 0 amide bonds. The Morgan fingerprint density at radius 1 is 0.706 bits per heavy atom. The molecule has 34 heavy (non-hydrogen) atoms. The van der Waals surface area contributed by atoms with Gasteiger partial charge in [0.2, 0.25) is 0 Å². The van der Waals surface area contributed by atoms with Crippen LogP contribution in [0, 0.1) is 0 Å². The van der Waals surface area contributed by atoms with Crippen LogP contribution >= 0.6 is 0 Å². The third kappa shape index (κ3) is 6.69. The normalized spacial score (nSPS) is 10.2. The zero-order valence-corrected chi connectivity index (χ0v) is 18.4. The van der Waals surface area contributed by atoms with Crippen LogP contribution in [-0.4, -0.2) is 10.9 Å². The van der Waals surface area contributed by atoms with E-state index in [0.717, 1.165) is 33.6 Å². The van der Waals surface area contributed by atoms with Gasteiger partial charge in [-0.1, -0.05) is 92.9 Å². The molecule has 3 heteroatoms. The standard InChI is InChI=1S/C30H26O3.CH4/c1-22(27-8-5-9-29(20-27)33-21-25-6-3-2-4-7-25)18-23-10-14-26(15-11-23)30(32)19-24-12-16-28(31)17-13-24;/h2-17,20,31H,1,18-19,21H2;1H4. The van der Waals surface area contributed by atoms with E-state index in [0.29, 0.717) is 25.0 Å². The van der Waals surface area contributed by atoms with E-state index in [-0.39, 0.29) is 19.0 Å². The van der Waals surface area contributed by atoms with Gasteiger partial charge in [-0.25, -0.2) is 0 Å². The van der Waals surface area contributed by atoms with Gasteiger partial charge in [0.15, 0.2) is 5.78 Å². The highest BCUT2D eigenvalue weighted by molar-refractivity contribution is 5.97. The number of carbonyl (C=O) groups is 1. The van der Waals surface area contributed by atoms with Gasteiger partial charge in [-0.05, 0) is 58.5 Å². The molecule has 0 spiro atoms. The van der Waals surface area contributed by atoms with Gasteiger partial charge in [0.05, 0.1) is 0 Å². The molecule has 0 saturated carbocycles. The molecule has 0 aromatic heterocycles. The van der Waals surface area contributed by atoms with Crippen molar-refractivity contribution in [1.29, 1.82) is 0 Å². The lowest BCUT2D eigenvalue weighted by Gasteiger charge is -2.11. The highest BCUT2D eigenvalue weighted by atomic mass is 16.5. The first kappa shape index (κ1) is 24.5. The van der Waals surface area contributed by atoms with E-state index >= 15 is 0 Å². The number of phenols is 1. The molecule has 172 valence electrons. The number of allylic oxidation sites excluding steroid dienone is 1. The number of ketones is 1. The first-order valence-corrected chi connectivity index (χ1v) is 10.9. The Kier molecular flexibility index (Phi) is 8.42. The second-order valence-electron chi connectivity index (χ2n) is 8.05. The van der Waals surface area contributed by atoms with Gasteiger partial charge in [-0.2, -0.15) is 0 Å². The van der Waals surface area contributed by atoms with Crippen LogP contribution in [0.5, 0.6) is 11.5 Å². The fourth-order valence-corrected chi connectivity index (χ4v) is 3.60. The number of aromatic hydroxyl groups is 1. The summed E-state index contributed by atoms with van der Waals surface area (Å²) in [4.78, 5) is 12.6. The van der Waals surface area contributed by atoms with Crippen molar-refractivity contribution in [1.82, 2.24) is 0 Å². The van der Waals surface area contributed by atoms with Crippen LogP contribution in [0.15, 0.2) is 110 Å². The van der Waals surface area contributed by atoms with Gasteiger partial charge >= 0.3 is 0 Å². The number of carbonyl (C=O) groups excluding carboxylic acids is 1. The van der Waals surface area contributed by atoms with Crippen LogP contribution in [0.4, 0.5) is 0 Å². The van der Waals surface area contributed by atoms with Crippen LogP contribution in [0.3, 0.4) is 0 Å². The van der Waals surface area contributed by atoms with Gasteiger partial charge in [-0.3, -0.25) is 4.79 Å². The van der Waals surface area contributed by atoms with Crippen molar-refractivity contribution in [3.8, 4) is 11.5 Å². The minimum Gasteiger partial charge on any atom is -0.508 e. The third-order valence-corrected chi connectivity index (χ3v) is 5.49. The first-order chi connectivity index (χ1) is 16.1. The summed E-state index contributed by atoms with van der Waals surface area (Å²) in [6, 6.07) is 32.5. The number of hydrogen-bond donors (Lipinski definition) is 1. The van der Waals surface area contributed by atoms with Gasteiger partial charge in [0.25, 0.3) is 0 Å². The molecule has 0 saturated heterocycles. The van der Waals surface area contributed by atoms with E-state index in [9.17, 15) is 9.90 Å². The van der Waals surface area contributed by atoms with Gasteiger partial charge in [-0.15, -0.1) is 0 Å². The van der Waals surface area contributed by atoms with Crippen molar-refractivity contribution in [2.45, 2.75) is 26.9 Å². The van der Waals surface area contributed by atoms with Crippen molar-refractivity contribution in [2.24, 2.45) is 0 Å². The number of hydrogen-bond acceptors (Lipinski definition) is 3. The Hall–Kier alpha value is -4.11. The number of ether oxygens (including phenoxy) is 1. The molecule has 0 heterocycles. The van der Waals surface area contributed by atoms with Gasteiger partial charge in [0, 0.05) is 12.0 Å². The molecule has 0 aliphatic heterocycles. The Labute approximate surface area is 202 Å². The second kappa shape index (κ2) is 11.7. The minimum atomic E-state index is 0. The molecule has 0 unspecified atom stereocenters. The molecule has 1 N–H and O–H groups in total. The maximum atomic E-state index is 12.6. The molecular weight excluding hydrogens is 420 g/mol. The van der Waals surface area contributed by atoms with Crippen molar-refractivity contribution in [2.75, 3.05) is 0 Å². The van der Waals surface area contributed by atoms with Crippen molar-refractivity contribution >= 4 is 11.4 Å². The summed E-state index contributed by atoms with van der Waals surface area (Å²) in [5.41, 5.74) is 5.80. The third-order valence-electron chi connectivity index (χ3n) is 5.49. The second-order valence-corrected chi connectivity index (χ2v) is 8.05. The SMILES string of the molecule is C.C=C(Cc1ccc(C(=O)Cc2ccc(O)cc2)cc1)c1cccc(OCc2ccccc2)c1. The Morgan fingerprint density at radius 3 is 2.06 bits per heavy atom. The van der Waals surface area contributed by atoms with E-state index in [1.807, 2.05) is 78.9 Å². The lowest BCUT2D eigenvalue weighted by Crippen LogP contribution is -2.03. The number of phenolic OH excluding ortho intramolecular Hbond substituents is 1. The highest BCUT2D eigenvalue weighted by Crippen LogP contribution is 2.23. The minimum absolute atomic E-state index is 0. The quantitative estimate of drug-likeness (QED) is 0.272. The summed E-state index contributed by atoms with van der Waals surface area (Å²) in [7, 11) is 0. The van der Waals surface area contributed by atoms with Crippen LogP contribution in [0.2, 0.25) is 0 Å². The molecule has 0 aliphatic rings. The van der Waals surface area contributed by atoms with E-state index in [2.05, 4.69) is 6.58 Å². The van der Waals surface area contributed by atoms with Gasteiger partial charge < -0.3 is 9.84 Å². The molecule has 0 bridgehead atoms. The van der Waals surface area contributed by atoms with Crippen LogP contribution in [-0.2, 0) is 19.4 Å². The zero-order valence-electron chi connectivity index (χ0n) is 18.4. The smallest absolute Gasteiger partial charge is 0.167 e. The number of Topliss-reactive ketones (excluding diaryl/α,β-unsaturated/α-hetero) is 1. The van der Waals surface area contributed by atoms with E-state index in [1.165, 1.54) is 0 Å². The fourth-order valence-electron chi connectivity index (χ4n) is 3.60. The van der Waals surface area contributed by atoms with Gasteiger partial charge in [0.1, 0.15) is 18.1 Å². The monoisotopic (exact) mass is 450 g/mol. The summed E-state index contributed by atoms with van der Waals surface area (Å²) in [5.74, 6) is 1.06. The molecule has 4 rings (SSSR count). The molecule has 3 nitrogen and oxygen atoms in total. The molecule has 0 atom stereocenters. The Bertz CT molecular complexity index is 1220.